The standard InChI is InChI=1S/C31H40N2O5S/c1-4-16-32(22-14-10-7-11-15-22)29(36)27-31-20(3)18-24(39-31)25(30(37)38-17-5-2)26(31)28(35)33(27)23(19-34)21-12-8-6-9-13-21/h4-6,8-9,12-13,20,22-27,34H,1-2,7,10-11,14-19H2,3H3/t20?,23-,24+,25-,26+,27?,31?/m1/s1. The van der Waals surface area contributed by atoms with Gasteiger partial charge in [-0.2, -0.15) is 0 Å². The summed E-state index contributed by atoms with van der Waals surface area (Å²) in [5.74, 6) is -2.00. The number of aliphatic hydroxyl groups excluding tert-OH is 1. The lowest BCUT2D eigenvalue weighted by Gasteiger charge is -2.44. The van der Waals surface area contributed by atoms with Crippen LogP contribution in [-0.2, 0) is 19.1 Å². The summed E-state index contributed by atoms with van der Waals surface area (Å²) in [7, 11) is 0. The minimum Gasteiger partial charge on any atom is -0.461 e. The second kappa shape index (κ2) is 11.5. The number of likely N-dealkylation sites (tertiary alicyclic amines) is 1. The Labute approximate surface area is 235 Å². The molecule has 2 amide bonds. The number of carbonyl (C=O) groups excluding carboxylic acids is 3. The van der Waals surface area contributed by atoms with E-state index in [-0.39, 0.29) is 42.2 Å². The number of rotatable bonds is 10. The zero-order valence-corrected chi connectivity index (χ0v) is 23.6. The minimum atomic E-state index is -0.795. The van der Waals surface area contributed by atoms with Gasteiger partial charge in [0.1, 0.15) is 12.6 Å². The largest absolute Gasteiger partial charge is 0.461 e. The topological polar surface area (TPSA) is 87.2 Å². The highest BCUT2D eigenvalue weighted by molar-refractivity contribution is 8.02. The Balaban J connectivity index is 1.62. The molecule has 8 heteroatoms. The lowest BCUT2D eigenvalue weighted by molar-refractivity contribution is -0.154. The molecule has 1 N–H and O–H groups in total. The maximum Gasteiger partial charge on any atom is 0.311 e. The van der Waals surface area contributed by atoms with E-state index in [0.29, 0.717) is 6.54 Å². The van der Waals surface area contributed by atoms with Gasteiger partial charge in [-0.3, -0.25) is 14.4 Å². The van der Waals surface area contributed by atoms with Gasteiger partial charge in [-0.05, 0) is 30.7 Å². The summed E-state index contributed by atoms with van der Waals surface area (Å²) < 4.78 is 4.73. The SMILES string of the molecule is C=CCOC(=O)[C@@H]1[C@@H]2CC(C)C3(S2)C(C(=O)N(CC=C)C2CCCCC2)N([C@H](CO)c2ccccc2)C(=O)[C@H]13. The number of aliphatic hydroxyl groups is 1. The first-order valence-electron chi connectivity index (χ1n) is 14.2. The van der Waals surface area contributed by atoms with Crippen LogP contribution in [0.5, 0.6) is 0 Å². The van der Waals surface area contributed by atoms with Gasteiger partial charge in [-0.1, -0.05) is 75.2 Å². The van der Waals surface area contributed by atoms with Crippen molar-refractivity contribution in [1.29, 1.82) is 0 Å². The molecule has 3 aliphatic heterocycles. The summed E-state index contributed by atoms with van der Waals surface area (Å²) in [4.78, 5) is 46.3. The van der Waals surface area contributed by atoms with Crippen LogP contribution in [-0.4, -0.2) is 74.5 Å². The van der Waals surface area contributed by atoms with Crippen molar-refractivity contribution in [2.75, 3.05) is 19.8 Å². The van der Waals surface area contributed by atoms with E-state index in [4.69, 9.17) is 4.74 Å². The quantitative estimate of drug-likeness (QED) is 0.347. The summed E-state index contributed by atoms with van der Waals surface area (Å²) in [6.45, 7) is 9.87. The van der Waals surface area contributed by atoms with Crippen molar-refractivity contribution < 1.29 is 24.2 Å². The molecule has 1 saturated carbocycles. The molecule has 39 heavy (non-hydrogen) atoms. The molecular formula is C31H40N2O5S. The maximum atomic E-state index is 14.8. The van der Waals surface area contributed by atoms with Gasteiger partial charge < -0.3 is 19.6 Å². The number of ether oxygens (including phenoxy) is 1. The summed E-state index contributed by atoms with van der Waals surface area (Å²) >= 11 is 1.63. The van der Waals surface area contributed by atoms with Crippen LogP contribution in [0.2, 0.25) is 0 Å². The second-order valence-electron chi connectivity index (χ2n) is 11.4. The van der Waals surface area contributed by atoms with E-state index in [2.05, 4.69) is 20.1 Å². The summed E-state index contributed by atoms with van der Waals surface area (Å²) in [5, 5.41) is 10.6. The molecule has 3 unspecified atom stereocenters. The molecule has 4 aliphatic rings. The van der Waals surface area contributed by atoms with Crippen LogP contribution in [0.25, 0.3) is 0 Å². The average Bonchev–Trinajstić information content (AvgIpc) is 3.55. The van der Waals surface area contributed by atoms with Crippen molar-refractivity contribution in [3.8, 4) is 0 Å². The Morgan fingerprint density at radius 3 is 2.56 bits per heavy atom. The predicted molar refractivity (Wildman–Crippen MR) is 152 cm³/mol. The summed E-state index contributed by atoms with van der Waals surface area (Å²) in [6, 6.07) is 8.01. The van der Waals surface area contributed by atoms with Gasteiger partial charge in [0.15, 0.2) is 0 Å². The zero-order chi connectivity index (χ0) is 27.7. The molecular weight excluding hydrogens is 512 g/mol. The normalized spacial score (nSPS) is 32.5. The van der Waals surface area contributed by atoms with Crippen LogP contribution in [0.1, 0.15) is 57.1 Å². The number of hydrogen-bond donors (Lipinski definition) is 1. The molecule has 4 fully saturated rings. The van der Waals surface area contributed by atoms with Gasteiger partial charge in [0.05, 0.1) is 29.2 Å². The molecule has 0 aromatic heterocycles. The van der Waals surface area contributed by atoms with E-state index in [0.717, 1.165) is 44.1 Å². The Hall–Kier alpha value is -2.58. The van der Waals surface area contributed by atoms with Crippen molar-refractivity contribution in [2.45, 2.75) is 73.6 Å². The van der Waals surface area contributed by atoms with Crippen molar-refractivity contribution in [3.63, 3.8) is 0 Å². The first kappa shape index (κ1) is 28.0. The van der Waals surface area contributed by atoms with Gasteiger partial charge in [0.2, 0.25) is 11.8 Å². The number of nitrogens with zero attached hydrogens (tertiary/aromatic N) is 2. The molecule has 210 valence electrons. The third-order valence-electron chi connectivity index (χ3n) is 9.35. The molecule has 7 atom stereocenters. The summed E-state index contributed by atoms with van der Waals surface area (Å²) in [5.41, 5.74) is 0.772. The minimum absolute atomic E-state index is 0.0379. The third-order valence-corrected chi connectivity index (χ3v) is 11.4. The average molecular weight is 553 g/mol. The smallest absolute Gasteiger partial charge is 0.311 e. The number of amides is 2. The third kappa shape index (κ3) is 4.53. The van der Waals surface area contributed by atoms with Crippen LogP contribution in [0.15, 0.2) is 55.6 Å². The van der Waals surface area contributed by atoms with E-state index in [1.807, 2.05) is 35.2 Å². The van der Waals surface area contributed by atoms with E-state index in [9.17, 15) is 19.5 Å². The number of esters is 1. The van der Waals surface area contributed by atoms with Crippen molar-refractivity contribution in [2.24, 2.45) is 17.8 Å². The first-order chi connectivity index (χ1) is 18.9. The zero-order valence-electron chi connectivity index (χ0n) is 22.7. The highest BCUT2D eigenvalue weighted by Crippen LogP contribution is 2.69. The molecule has 1 aliphatic carbocycles. The Morgan fingerprint density at radius 2 is 1.92 bits per heavy atom. The molecule has 7 nitrogen and oxygen atoms in total. The van der Waals surface area contributed by atoms with E-state index in [1.54, 1.807) is 22.7 Å². The Morgan fingerprint density at radius 1 is 1.21 bits per heavy atom. The van der Waals surface area contributed by atoms with E-state index >= 15 is 0 Å². The molecule has 3 heterocycles. The Kier molecular flexibility index (Phi) is 8.24. The predicted octanol–water partition coefficient (Wildman–Crippen LogP) is 4.13. The highest BCUT2D eigenvalue weighted by atomic mass is 32.2. The molecule has 1 spiro atoms. The highest BCUT2D eigenvalue weighted by Gasteiger charge is 2.77. The van der Waals surface area contributed by atoms with Gasteiger partial charge in [-0.25, -0.2) is 0 Å². The lowest BCUT2D eigenvalue weighted by atomic mass is 9.66. The van der Waals surface area contributed by atoms with Crippen LogP contribution in [0, 0.1) is 17.8 Å². The molecule has 0 radical (unpaired) electrons. The fourth-order valence-corrected chi connectivity index (χ4v) is 10.1. The van der Waals surface area contributed by atoms with Crippen LogP contribution >= 0.6 is 11.8 Å². The molecule has 3 saturated heterocycles. The first-order valence-corrected chi connectivity index (χ1v) is 15.1. The monoisotopic (exact) mass is 552 g/mol. The van der Waals surface area contributed by atoms with Crippen molar-refractivity contribution in [1.82, 2.24) is 9.80 Å². The fraction of sp³-hybridized carbons (Fsp3) is 0.581. The molecule has 1 aromatic carbocycles. The van der Waals surface area contributed by atoms with E-state index < -0.39 is 34.6 Å². The number of carbonyl (C=O) groups is 3. The van der Waals surface area contributed by atoms with Crippen LogP contribution in [0.4, 0.5) is 0 Å². The van der Waals surface area contributed by atoms with Gasteiger partial charge >= 0.3 is 5.97 Å². The number of fused-ring (bicyclic) bond motifs is 1. The number of benzene rings is 1. The van der Waals surface area contributed by atoms with Gasteiger partial charge in [0.25, 0.3) is 0 Å². The second-order valence-corrected chi connectivity index (χ2v) is 12.9. The van der Waals surface area contributed by atoms with E-state index in [1.165, 1.54) is 6.08 Å². The number of hydrogen-bond acceptors (Lipinski definition) is 6. The van der Waals surface area contributed by atoms with Gasteiger partial charge in [0, 0.05) is 17.8 Å². The van der Waals surface area contributed by atoms with Crippen LogP contribution < -0.4 is 0 Å². The maximum absolute atomic E-state index is 14.8. The lowest BCUT2D eigenvalue weighted by Crippen LogP contribution is -2.59. The molecule has 1 aromatic rings. The Bertz CT molecular complexity index is 1110. The van der Waals surface area contributed by atoms with Crippen molar-refractivity contribution in [3.05, 3.63) is 61.2 Å². The number of thioether (sulfide) groups is 1. The fourth-order valence-electron chi connectivity index (χ4n) is 7.72. The van der Waals surface area contributed by atoms with Crippen LogP contribution in [0.3, 0.4) is 0 Å². The van der Waals surface area contributed by atoms with Crippen molar-refractivity contribution >= 4 is 29.5 Å². The summed E-state index contributed by atoms with van der Waals surface area (Å²) in [6.07, 6.45) is 9.19. The van der Waals surface area contributed by atoms with Gasteiger partial charge in [-0.15, -0.1) is 18.3 Å². The molecule has 2 bridgehead atoms. The molecule has 5 rings (SSSR count).